The number of rotatable bonds is 7. The summed E-state index contributed by atoms with van der Waals surface area (Å²) in [4.78, 5) is 16.8. The van der Waals surface area contributed by atoms with E-state index in [2.05, 4.69) is 212 Å². The van der Waals surface area contributed by atoms with Gasteiger partial charge in [-0.25, -0.2) is 15.0 Å². The smallest absolute Gasteiger partial charge is 0.165 e. The van der Waals surface area contributed by atoms with Crippen molar-refractivity contribution < 1.29 is 0 Å². The van der Waals surface area contributed by atoms with Crippen molar-refractivity contribution in [2.24, 2.45) is 0 Å². The summed E-state index contributed by atoms with van der Waals surface area (Å²) in [6.07, 6.45) is 0. The average Bonchev–Trinajstić information content (AvgIpc) is 3.93. The van der Waals surface area contributed by atoms with Crippen molar-refractivity contribution in [3.63, 3.8) is 0 Å². The Kier molecular flexibility index (Phi) is 8.87. The summed E-state index contributed by atoms with van der Waals surface area (Å²) in [5.74, 6) is 1.91. The summed E-state index contributed by atoms with van der Waals surface area (Å²) in [5.41, 5.74) is 11.7. The molecular weight excluding hydrogens is 791 g/mol. The van der Waals surface area contributed by atoms with Crippen LogP contribution >= 0.6 is 22.7 Å². The first-order valence-electron chi connectivity index (χ1n) is 20.8. The van der Waals surface area contributed by atoms with Gasteiger partial charge < -0.3 is 0 Å². The third-order valence-electron chi connectivity index (χ3n) is 11.8. The Morgan fingerprint density at radius 2 is 0.613 bits per heavy atom. The summed E-state index contributed by atoms with van der Waals surface area (Å²) in [7, 11) is 0. The lowest BCUT2D eigenvalue weighted by molar-refractivity contribution is 1.08. The van der Waals surface area contributed by atoms with Crippen LogP contribution < -0.4 is 0 Å². The monoisotopic (exact) mass is 825 g/mol. The zero-order chi connectivity index (χ0) is 41.0. The number of benzene rings is 9. The van der Waals surface area contributed by atoms with Crippen molar-refractivity contribution >= 4 is 63.0 Å². The van der Waals surface area contributed by atoms with E-state index in [1.807, 2.05) is 0 Å². The van der Waals surface area contributed by atoms with Gasteiger partial charge in [0.1, 0.15) is 0 Å². The first kappa shape index (κ1) is 36.3. The molecule has 0 bridgehead atoms. The van der Waals surface area contributed by atoms with Crippen molar-refractivity contribution in [1.29, 1.82) is 0 Å². The fourth-order valence-electron chi connectivity index (χ4n) is 8.98. The quantitative estimate of drug-likeness (QED) is 0.161. The standard InChI is InChI=1S/C57H35N3S2/c1-4-18-36(19-5-1)39-24-10-11-27-44(39)51-40(37-20-6-2-7-21-37)34-35-41(38-22-8-3-9-23-38)52(51)57-59-55(47-30-16-28-45-42-25-12-14-32-49(42)61-53(45)47)58-56(60-57)48-31-17-29-46-43-26-13-15-33-50(43)62-54(46)48/h1-35H. The molecule has 0 aliphatic rings. The minimum Gasteiger partial charge on any atom is -0.208 e. The van der Waals surface area contributed by atoms with Crippen LogP contribution in [0.15, 0.2) is 212 Å². The van der Waals surface area contributed by atoms with Crippen molar-refractivity contribution in [1.82, 2.24) is 15.0 Å². The summed E-state index contributed by atoms with van der Waals surface area (Å²) in [6.45, 7) is 0. The third kappa shape index (κ3) is 6.13. The maximum absolute atomic E-state index is 5.64. The second-order valence-corrected chi connectivity index (χ2v) is 17.5. The Morgan fingerprint density at radius 1 is 0.242 bits per heavy atom. The number of fused-ring (bicyclic) bond motifs is 6. The zero-order valence-electron chi connectivity index (χ0n) is 33.4. The third-order valence-corrected chi connectivity index (χ3v) is 14.2. The van der Waals surface area contributed by atoms with Crippen LogP contribution in [0.2, 0.25) is 0 Å². The summed E-state index contributed by atoms with van der Waals surface area (Å²) < 4.78 is 4.79. The lowest BCUT2D eigenvalue weighted by Gasteiger charge is -2.22. The van der Waals surface area contributed by atoms with Crippen molar-refractivity contribution in [2.45, 2.75) is 0 Å². The molecule has 0 unspecified atom stereocenters. The van der Waals surface area contributed by atoms with E-state index in [1.165, 1.54) is 30.9 Å². The molecule has 0 radical (unpaired) electrons. The summed E-state index contributed by atoms with van der Waals surface area (Å²) in [5, 5.41) is 4.87. The van der Waals surface area contributed by atoms with Crippen LogP contribution in [0.1, 0.15) is 0 Å². The SMILES string of the molecule is c1ccc(-c2ccccc2-c2c(-c3ccccc3)ccc(-c3ccccc3)c2-c2nc(-c3cccc4c3sc3ccccc34)nc(-c3cccc4c3sc3ccccc34)n2)cc1. The van der Waals surface area contributed by atoms with E-state index >= 15 is 0 Å². The minimum atomic E-state index is 0.621. The zero-order valence-corrected chi connectivity index (χ0v) is 35.0. The van der Waals surface area contributed by atoms with Gasteiger partial charge in [0.05, 0.1) is 0 Å². The van der Waals surface area contributed by atoms with Gasteiger partial charge in [-0.2, -0.15) is 0 Å². The van der Waals surface area contributed by atoms with Crippen molar-refractivity contribution in [3.8, 4) is 78.7 Å². The van der Waals surface area contributed by atoms with Gasteiger partial charge in [-0.05, 0) is 63.2 Å². The van der Waals surface area contributed by atoms with Crippen LogP contribution in [0.5, 0.6) is 0 Å². The van der Waals surface area contributed by atoms with E-state index in [0.29, 0.717) is 17.5 Å². The predicted octanol–water partition coefficient (Wildman–Crippen LogP) is 16.3. The molecule has 0 atom stereocenters. The Hall–Kier alpha value is -7.57. The Labute approximate surface area is 366 Å². The van der Waals surface area contributed by atoms with Crippen LogP contribution in [0.3, 0.4) is 0 Å². The molecule has 0 aliphatic heterocycles. The molecule has 62 heavy (non-hydrogen) atoms. The second-order valence-electron chi connectivity index (χ2n) is 15.4. The fourth-order valence-corrected chi connectivity index (χ4v) is 11.4. The van der Waals surface area contributed by atoms with Gasteiger partial charge in [0.25, 0.3) is 0 Å². The van der Waals surface area contributed by atoms with Gasteiger partial charge in [0.2, 0.25) is 0 Å². The Bertz CT molecular complexity index is 3500. The van der Waals surface area contributed by atoms with Gasteiger partial charge in [-0.1, -0.05) is 188 Å². The van der Waals surface area contributed by atoms with E-state index in [1.54, 1.807) is 22.7 Å². The van der Waals surface area contributed by atoms with Gasteiger partial charge in [0.15, 0.2) is 17.5 Å². The molecule has 3 heterocycles. The van der Waals surface area contributed by atoms with Gasteiger partial charge in [0, 0.05) is 62.6 Å². The van der Waals surface area contributed by atoms with Crippen LogP contribution in [0.25, 0.3) is 119 Å². The van der Waals surface area contributed by atoms with Gasteiger partial charge in [-0.15, -0.1) is 22.7 Å². The number of thiophene rings is 2. The normalized spacial score (nSPS) is 11.5. The minimum absolute atomic E-state index is 0.621. The fraction of sp³-hybridized carbons (Fsp3) is 0. The molecule has 0 fully saturated rings. The highest BCUT2D eigenvalue weighted by molar-refractivity contribution is 7.26. The molecule has 12 aromatic rings. The molecule has 290 valence electrons. The molecule has 0 amide bonds. The van der Waals surface area contributed by atoms with E-state index in [9.17, 15) is 0 Å². The molecule has 0 aliphatic carbocycles. The van der Waals surface area contributed by atoms with E-state index in [0.717, 1.165) is 70.6 Å². The molecule has 9 aromatic carbocycles. The average molecular weight is 826 g/mol. The van der Waals surface area contributed by atoms with Crippen LogP contribution in [-0.2, 0) is 0 Å². The molecule has 0 saturated carbocycles. The predicted molar refractivity (Wildman–Crippen MR) is 264 cm³/mol. The first-order valence-corrected chi connectivity index (χ1v) is 22.4. The van der Waals surface area contributed by atoms with Crippen molar-refractivity contribution in [2.75, 3.05) is 0 Å². The van der Waals surface area contributed by atoms with Gasteiger partial charge >= 0.3 is 0 Å². The highest BCUT2D eigenvalue weighted by atomic mass is 32.1. The molecular formula is C57H35N3S2. The largest absolute Gasteiger partial charge is 0.208 e. The van der Waals surface area contributed by atoms with E-state index < -0.39 is 0 Å². The summed E-state index contributed by atoms with van der Waals surface area (Å²) >= 11 is 3.59. The van der Waals surface area contributed by atoms with Gasteiger partial charge in [-0.3, -0.25) is 0 Å². The molecule has 3 nitrogen and oxygen atoms in total. The van der Waals surface area contributed by atoms with E-state index in [-0.39, 0.29) is 0 Å². The molecule has 0 N–H and O–H groups in total. The highest BCUT2D eigenvalue weighted by Gasteiger charge is 2.26. The Balaban J connectivity index is 1.24. The van der Waals surface area contributed by atoms with Crippen molar-refractivity contribution in [3.05, 3.63) is 212 Å². The first-order chi connectivity index (χ1) is 30.8. The van der Waals surface area contributed by atoms with Crippen LogP contribution in [-0.4, -0.2) is 15.0 Å². The number of aromatic nitrogens is 3. The lowest BCUT2D eigenvalue weighted by atomic mass is 9.82. The lowest BCUT2D eigenvalue weighted by Crippen LogP contribution is -2.04. The molecule has 5 heteroatoms. The van der Waals surface area contributed by atoms with Crippen LogP contribution in [0.4, 0.5) is 0 Å². The number of nitrogens with zero attached hydrogens (tertiary/aromatic N) is 3. The summed E-state index contributed by atoms with van der Waals surface area (Å²) in [6, 6.07) is 75.7. The molecule has 12 rings (SSSR count). The van der Waals surface area contributed by atoms with E-state index in [4.69, 9.17) is 15.0 Å². The second kappa shape index (κ2) is 15.2. The molecule has 0 saturated heterocycles. The Morgan fingerprint density at radius 3 is 1.13 bits per heavy atom. The maximum atomic E-state index is 5.64. The molecule has 0 spiro atoms. The molecule has 3 aromatic heterocycles. The highest BCUT2D eigenvalue weighted by Crippen LogP contribution is 2.49. The number of hydrogen-bond donors (Lipinski definition) is 0. The number of hydrogen-bond acceptors (Lipinski definition) is 5. The van der Waals surface area contributed by atoms with Crippen LogP contribution in [0, 0.1) is 0 Å². The topological polar surface area (TPSA) is 38.7 Å². The maximum Gasteiger partial charge on any atom is 0.165 e.